The zero-order valence-corrected chi connectivity index (χ0v) is 23.6. The number of carbonyl (C=O) groups excluding carboxylic acids is 2. The number of carbonyl (C=O) groups is 2. The monoisotopic (exact) mass is 581 g/mol. The van der Waals surface area contributed by atoms with Crippen LogP contribution in [0.1, 0.15) is 29.5 Å². The van der Waals surface area contributed by atoms with Crippen molar-refractivity contribution in [2.24, 2.45) is 0 Å². The summed E-state index contributed by atoms with van der Waals surface area (Å²) in [6.07, 6.45) is 1.43. The first-order valence-electron chi connectivity index (χ1n) is 12.7. The molecule has 10 heteroatoms. The molecule has 1 unspecified atom stereocenters. The Morgan fingerprint density at radius 1 is 1.10 bits per heavy atom. The molecule has 0 aromatic heterocycles. The van der Waals surface area contributed by atoms with E-state index in [1.807, 2.05) is 30.3 Å². The average Bonchev–Trinajstić information content (AvgIpc) is 3.16. The third kappa shape index (κ3) is 5.31. The Morgan fingerprint density at radius 2 is 1.85 bits per heavy atom. The molecule has 2 aliphatic rings. The van der Waals surface area contributed by atoms with Crippen molar-refractivity contribution in [3.05, 3.63) is 94.2 Å². The Labute approximate surface area is 237 Å². The highest BCUT2D eigenvalue weighted by atomic mass is 35.5. The Bertz CT molecular complexity index is 1630. The van der Waals surface area contributed by atoms with E-state index in [1.165, 1.54) is 11.0 Å². The SMILES string of the molecule is Cc1cc(-c2cccc(S(C)(=O)=O)c2)c(Cl)cc1C1=C(O)C2(CCCN(C(=O)OCc3ccccc3)C2)OC1=O. The lowest BCUT2D eigenvalue weighted by Crippen LogP contribution is -2.51. The van der Waals surface area contributed by atoms with Crippen LogP contribution in [-0.4, -0.2) is 55.4 Å². The molecule has 1 atom stereocenters. The van der Waals surface area contributed by atoms with Gasteiger partial charge in [0.05, 0.1) is 11.4 Å². The Hall–Kier alpha value is -3.82. The number of nitrogens with zero attached hydrogens (tertiary/aromatic N) is 1. The van der Waals surface area contributed by atoms with Crippen LogP contribution in [-0.2, 0) is 30.7 Å². The summed E-state index contributed by atoms with van der Waals surface area (Å²) >= 11 is 6.63. The number of halogens is 1. The number of aryl methyl sites for hydroxylation is 1. The van der Waals surface area contributed by atoms with Gasteiger partial charge in [-0.25, -0.2) is 18.0 Å². The first-order chi connectivity index (χ1) is 19.0. The summed E-state index contributed by atoms with van der Waals surface area (Å²) in [5.74, 6) is -0.952. The fraction of sp³-hybridized carbons (Fsp3) is 0.267. The normalized spacial score (nSPS) is 19.2. The molecule has 0 aliphatic carbocycles. The Kier molecular flexibility index (Phi) is 7.37. The molecule has 1 saturated heterocycles. The highest BCUT2D eigenvalue weighted by Gasteiger charge is 2.52. The lowest BCUT2D eigenvalue weighted by atomic mass is 9.88. The van der Waals surface area contributed by atoms with Crippen LogP contribution in [0.15, 0.2) is 77.4 Å². The zero-order valence-electron chi connectivity index (χ0n) is 22.0. The molecule has 3 aromatic rings. The summed E-state index contributed by atoms with van der Waals surface area (Å²) in [5.41, 5.74) is 1.68. The Balaban J connectivity index is 1.42. The number of hydrogen-bond acceptors (Lipinski definition) is 7. The number of likely N-dealkylation sites (tertiary alicyclic amines) is 1. The second-order valence-electron chi connectivity index (χ2n) is 10.1. The van der Waals surface area contributed by atoms with Gasteiger partial charge in [-0.05, 0) is 66.3 Å². The van der Waals surface area contributed by atoms with Crippen molar-refractivity contribution >= 4 is 39.1 Å². The van der Waals surface area contributed by atoms with Crippen LogP contribution >= 0.6 is 11.6 Å². The van der Waals surface area contributed by atoms with Gasteiger partial charge in [-0.3, -0.25) is 0 Å². The van der Waals surface area contributed by atoms with E-state index in [-0.39, 0.29) is 34.4 Å². The van der Waals surface area contributed by atoms with Gasteiger partial charge in [-0.1, -0.05) is 54.1 Å². The van der Waals surface area contributed by atoms with Crippen molar-refractivity contribution in [2.75, 3.05) is 19.3 Å². The highest BCUT2D eigenvalue weighted by molar-refractivity contribution is 7.90. The number of amides is 1. The minimum atomic E-state index is -3.42. The molecule has 0 radical (unpaired) electrons. The van der Waals surface area contributed by atoms with Crippen molar-refractivity contribution in [2.45, 2.75) is 36.9 Å². The van der Waals surface area contributed by atoms with Crippen molar-refractivity contribution in [1.82, 2.24) is 4.90 Å². The van der Waals surface area contributed by atoms with E-state index in [4.69, 9.17) is 21.1 Å². The molecule has 0 saturated carbocycles. The zero-order chi connectivity index (χ0) is 28.7. The number of benzene rings is 3. The van der Waals surface area contributed by atoms with Crippen LogP contribution in [0.4, 0.5) is 4.79 Å². The van der Waals surface area contributed by atoms with Crippen LogP contribution in [0.2, 0.25) is 5.02 Å². The van der Waals surface area contributed by atoms with Crippen LogP contribution in [0.5, 0.6) is 0 Å². The number of sulfone groups is 1. The fourth-order valence-corrected chi connectivity index (χ4v) is 6.11. The van der Waals surface area contributed by atoms with E-state index in [0.29, 0.717) is 41.6 Å². The molecule has 3 aromatic carbocycles. The number of piperidine rings is 1. The highest BCUT2D eigenvalue weighted by Crippen LogP contribution is 2.44. The molecule has 2 heterocycles. The molecular weight excluding hydrogens is 554 g/mol. The minimum Gasteiger partial charge on any atom is -0.507 e. The first kappa shape index (κ1) is 27.7. The molecule has 2 aliphatic heterocycles. The molecule has 1 N–H and O–H groups in total. The van der Waals surface area contributed by atoms with Gasteiger partial charge < -0.3 is 19.5 Å². The van der Waals surface area contributed by atoms with E-state index in [9.17, 15) is 23.1 Å². The van der Waals surface area contributed by atoms with Crippen LogP contribution < -0.4 is 0 Å². The molecule has 8 nitrogen and oxygen atoms in total. The second-order valence-corrected chi connectivity index (χ2v) is 12.5. The lowest BCUT2D eigenvalue weighted by Gasteiger charge is -2.38. The number of hydrogen-bond donors (Lipinski definition) is 1. The average molecular weight is 582 g/mol. The van der Waals surface area contributed by atoms with Gasteiger partial charge in [-0.15, -0.1) is 0 Å². The van der Waals surface area contributed by atoms with E-state index in [2.05, 4.69) is 0 Å². The van der Waals surface area contributed by atoms with Gasteiger partial charge in [0.25, 0.3) is 0 Å². The minimum absolute atomic E-state index is 0.00432. The quantitative estimate of drug-likeness (QED) is 0.384. The number of rotatable bonds is 5. The van der Waals surface area contributed by atoms with Gasteiger partial charge in [0.1, 0.15) is 12.2 Å². The van der Waals surface area contributed by atoms with Gasteiger partial charge in [0, 0.05) is 23.4 Å². The van der Waals surface area contributed by atoms with Gasteiger partial charge in [0.2, 0.25) is 0 Å². The van der Waals surface area contributed by atoms with Gasteiger partial charge in [-0.2, -0.15) is 0 Å². The Morgan fingerprint density at radius 3 is 2.58 bits per heavy atom. The smallest absolute Gasteiger partial charge is 0.410 e. The molecule has 0 bridgehead atoms. The molecule has 208 valence electrons. The van der Waals surface area contributed by atoms with Crippen molar-refractivity contribution in [3.8, 4) is 11.1 Å². The largest absolute Gasteiger partial charge is 0.507 e. The maximum absolute atomic E-state index is 13.1. The van der Waals surface area contributed by atoms with Crippen molar-refractivity contribution in [3.63, 3.8) is 0 Å². The van der Waals surface area contributed by atoms with Gasteiger partial charge in [0.15, 0.2) is 21.2 Å². The number of aliphatic hydroxyl groups is 1. The molecule has 40 heavy (non-hydrogen) atoms. The second kappa shape index (κ2) is 10.6. The molecule has 1 fully saturated rings. The summed E-state index contributed by atoms with van der Waals surface area (Å²) < 4.78 is 35.3. The number of esters is 1. The predicted molar refractivity (Wildman–Crippen MR) is 151 cm³/mol. The van der Waals surface area contributed by atoms with Crippen LogP contribution in [0, 0.1) is 6.92 Å². The summed E-state index contributed by atoms with van der Waals surface area (Å²) in [4.78, 5) is 27.6. The topological polar surface area (TPSA) is 110 Å². The lowest BCUT2D eigenvalue weighted by molar-refractivity contribution is -0.151. The maximum atomic E-state index is 13.1. The van der Waals surface area contributed by atoms with Gasteiger partial charge >= 0.3 is 12.1 Å². The summed E-state index contributed by atoms with van der Waals surface area (Å²) in [6, 6.07) is 19.0. The maximum Gasteiger partial charge on any atom is 0.410 e. The van der Waals surface area contributed by atoms with E-state index in [0.717, 1.165) is 11.8 Å². The summed E-state index contributed by atoms with van der Waals surface area (Å²) in [5, 5.41) is 11.6. The van der Waals surface area contributed by atoms with E-state index >= 15 is 0 Å². The van der Waals surface area contributed by atoms with E-state index < -0.39 is 27.5 Å². The fourth-order valence-electron chi connectivity index (χ4n) is 5.17. The number of aliphatic hydroxyl groups excluding tert-OH is 1. The predicted octanol–water partition coefficient (Wildman–Crippen LogP) is 5.72. The molecule has 5 rings (SSSR count). The number of ether oxygens (including phenoxy) is 2. The molecular formula is C30H28ClNO7S. The molecule has 1 amide bonds. The summed E-state index contributed by atoms with van der Waals surface area (Å²) in [7, 11) is -3.42. The van der Waals surface area contributed by atoms with Crippen molar-refractivity contribution in [1.29, 1.82) is 0 Å². The van der Waals surface area contributed by atoms with Crippen LogP contribution in [0.3, 0.4) is 0 Å². The van der Waals surface area contributed by atoms with Crippen molar-refractivity contribution < 1.29 is 32.6 Å². The third-order valence-corrected chi connectivity index (χ3v) is 8.66. The molecule has 1 spiro atoms. The third-order valence-electron chi connectivity index (χ3n) is 7.24. The van der Waals surface area contributed by atoms with E-state index in [1.54, 1.807) is 37.3 Å². The first-order valence-corrected chi connectivity index (χ1v) is 15.0. The standard InChI is InChI=1S/C30H28ClNO7S/c1-19-14-24(21-10-6-11-22(15-21)40(2,36)37)25(31)16-23(19)26-27(33)30(39-28(26)34)12-7-13-32(18-30)29(35)38-17-20-8-4-3-5-9-20/h3-6,8-11,14-16,33H,7,12-13,17-18H2,1-2H3. The van der Waals surface area contributed by atoms with Crippen LogP contribution in [0.25, 0.3) is 16.7 Å². The summed E-state index contributed by atoms with van der Waals surface area (Å²) in [6.45, 7) is 2.24.